The van der Waals surface area contributed by atoms with Crippen LogP contribution in [0.4, 0.5) is 14.9 Å². The lowest BCUT2D eigenvalue weighted by atomic mass is 10.0. The molecule has 10 heteroatoms. The third kappa shape index (κ3) is 4.22. The van der Waals surface area contributed by atoms with Crippen LogP contribution in [0.15, 0.2) is 41.8 Å². The Labute approximate surface area is 187 Å². The number of carboxylic acids is 1. The van der Waals surface area contributed by atoms with E-state index in [0.717, 1.165) is 15.8 Å². The number of hydrogen-bond donors (Lipinski definition) is 0. The number of aliphatic carboxylic acids is 1. The first-order chi connectivity index (χ1) is 15.4. The van der Waals surface area contributed by atoms with Crippen molar-refractivity contribution in [2.45, 2.75) is 44.3 Å². The summed E-state index contributed by atoms with van der Waals surface area (Å²) in [6.45, 7) is 0.542. The first-order valence-corrected chi connectivity index (χ1v) is 11.2. The van der Waals surface area contributed by atoms with E-state index in [0.29, 0.717) is 6.42 Å². The normalized spacial score (nSPS) is 20.6. The highest BCUT2D eigenvalue weighted by molar-refractivity contribution is 7.09. The number of rotatable bonds is 7. The van der Waals surface area contributed by atoms with Crippen LogP contribution in [0.2, 0.25) is 0 Å². The molecule has 0 N–H and O–H groups in total. The van der Waals surface area contributed by atoms with Crippen molar-refractivity contribution in [2.24, 2.45) is 0 Å². The van der Waals surface area contributed by atoms with Crippen molar-refractivity contribution in [3.63, 3.8) is 0 Å². The van der Waals surface area contributed by atoms with Crippen molar-refractivity contribution in [3.05, 3.63) is 52.5 Å². The van der Waals surface area contributed by atoms with E-state index in [2.05, 4.69) is 0 Å². The molecule has 1 aromatic carbocycles. The third-order valence-corrected chi connectivity index (χ3v) is 6.60. The maximum absolute atomic E-state index is 13.9. The second-order valence-corrected chi connectivity index (χ2v) is 8.79. The smallest absolute Gasteiger partial charge is 0.332 e. The van der Waals surface area contributed by atoms with E-state index in [9.17, 15) is 28.7 Å². The Morgan fingerprint density at radius 2 is 1.97 bits per heavy atom. The maximum atomic E-state index is 13.9. The van der Waals surface area contributed by atoms with Gasteiger partial charge in [0.2, 0.25) is 5.91 Å². The number of carbonyl (C=O) groups excluding carboxylic acids is 4. The number of urea groups is 1. The minimum atomic E-state index is -1.24. The highest BCUT2D eigenvalue weighted by Crippen LogP contribution is 2.35. The lowest BCUT2D eigenvalue weighted by molar-refractivity contribution is -0.305. The van der Waals surface area contributed by atoms with Gasteiger partial charge in [0, 0.05) is 23.8 Å². The SMILES string of the molecule is O=C([O-])CCCC(=O)N1CC[C@@H]2[C@H]1C(=O)N(c1cccc(F)c1)C(=O)N2Cc1cccs1. The molecule has 2 fully saturated rings. The summed E-state index contributed by atoms with van der Waals surface area (Å²) in [6, 6.07) is 7.00. The number of fused-ring (bicyclic) bond motifs is 1. The van der Waals surface area contributed by atoms with E-state index in [1.807, 2.05) is 17.5 Å². The van der Waals surface area contributed by atoms with Crippen LogP contribution in [-0.2, 0) is 20.9 Å². The van der Waals surface area contributed by atoms with Crippen LogP contribution < -0.4 is 10.0 Å². The highest BCUT2D eigenvalue weighted by atomic mass is 32.1. The number of halogens is 1. The largest absolute Gasteiger partial charge is 0.550 e. The number of benzene rings is 1. The Hall–Kier alpha value is -3.27. The fourth-order valence-corrected chi connectivity index (χ4v) is 5.02. The van der Waals surface area contributed by atoms with Gasteiger partial charge >= 0.3 is 6.03 Å². The Balaban J connectivity index is 1.65. The van der Waals surface area contributed by atoms with Crippen LogP contribution in [-0.4, -0.2) is 52.2 Å². The molecule has 1 aromatic heterocycles. The molecule has 32 heavy (non-hydrogen) atoms. The van der Waals surface area contributed by atoms with Crippen LogP contribution in [0, 0.1) is 5.82 Å². The molecule has 4 amide bonds. The summed E-state index contributed by atoms with van der Waals surface area (Å²) in [4.78, 5) is 55.1. The van der Waals surface area contributed by atoms with Crippen molar-refractivity contribution in [1.82, 2.24) is 9.80 Å². The molecule has 0 saturated carbocycles. The first kappa shape index (κ1) is 21.9. The molecule has 2 aliphatic heterocycles. The van der Waals surface area contributed by atoms with E-state index in [-0.39, 0.29) is 43.9 Å². The summed E-state index contributed by atoms with van der Waals surface area (Å²) in [7, 11) is 0. The standard InChI is InChI=1S/C22H22FN3O5S/c23-14-4-1-5-15(12-14)26-21(30)20-17(25(22(26)31)13-16-6-3-11-32-16)9-10-24(20)18(27)7-2-8-19(28)29/h1,3-6,11-12,17,20H,2,7-10,13H2,(H,28,29)/p-1/t17-,20+/m1/s1. The number of amides is 4. The Bertz CT molecular complexity index is 1040. The number of carboxylic acid groups (broad SMARTS) is 1. The van der Waals surface area contributed by atoms with Gasteiger partial charge in [0.25, 0.3) is 5.91 Å². The van der Waals surface area contributed by atoms with Gasteiger partial charge in [0.15, 0.2) is 0 Å². The van der Waals surface area contributed by atoms with Crippen molar-refractivity contribution in [1.29, 1.82) is 0 Å². The number of thiophene rings is 1. The molecule has 0 spiro atoms. The number of anilines is 1. The van der Waals surface area contributed by atoms with Crippen LogP contribution in [0.3, 0.4) is 0 Å². The van der Waals surface area contributed by atoms with Gasteiger partial charge in [-0.1, -0.05) is 12.1 Å². The molecular weight excluding hydrogens is 437 g/mol. The summed E-state index contributed by atoms with van der Waals surface area (Å²) in [6.07, 6.45) is 0.245. The van der Waals surface area contributed by atoms with Gasteiger partial charge in [-0.3, -0.25) is 9.59 Å². The van der Waals surface area contributed by atoms with E-state index >= 15 is 0 Å². The quantitative estimate of drug-likeness (QED) is 0.629. The Morgan fingerprint density at radius 1 is 1.16 bits per heavy atom. The summed E-state index contributed by atoms with van der Waals surface area (Å²) in [5, 5.41) is 12.6. The minimum absolute atomic E-state index is 0.0384. The number of imide groups is 1. The van der Waals surface area contributed by atoms with Crippen molar-refractivity contribution in [3.8, 4) is 0 Å². The molecule has 0 bridgehead atoms. The van der Waals surface area contributed by atoms with Crippen molar-refractivity contribution < 1.29 is 28.7 Å². The maximum Gasteiger partial charge on any atom is 0.332 e. The van der Waals surface area contributed by atoms with Gasteiger partial charge in [0.1, 0.15) is 11.9 Å². The predicted octanol–water partition coefficient (Wildman–Crippen LogP) is 1.75. The molecule has 4 rings (SSSR count). The monoisotopic (exact) mass is 458 g/mol. The fourth-order valence-electron chi connectivity index (χ4n) is 4.31. The fraction of sp³-hybridized carbons (Fsp3) is 0.364. The molecule has 0 radical (unpaired) electrons. The zero-order valence-corrected chi connectivity index (χ0v) is 17.9. The van der Waals surface area contributed by atoms with Crippen LogP contribution in [0.1, 0.15) is 30.6 Å². The average Bonchev–Trinajstić information content (AvgIpc) is 3.41. The summed E-state index contributed by atoms with van der Waals surface area (Å²) in [5.41, 5.74) is 0.103. The molecule has 168 valence electrons. The first-order valence-electron chi connectivity index (χ1n) is 10.3. The average molecular weight is 458 g/mol. The molecule has 8 nitrogen and oxygen atoms in total. The van der Waals surface area contributed by atoms with Crippen molar-refractivity contribution in [2.75, 3.05) is 11.4 Å². The molecule has 0 unspecified atom stereocenters. The second-order valence-electron chi connectivity index (χ2n) is 7.76. The lowest BCUT2D eigenvalue weighted by Crippen LogP contribution is -2.65. The number of likely N-dealkylation sites (tertiary alicyclic amines) is 1. The number of nitrogens with zero attached hydrogens (tertiary/aromatic N) is 3. The van der Waals surface area contributed by atoms with Crippen molar-refractivity contribution >= 4 is 40.8 Å². The topological polar surface area (TPSA) is 101 Å². The number of hydrogen-bond acceptors (Lipinski definition) is 6. The highest BCUT2D eigenvalue weighted by Gasteiger charge is 2.53. The third-order valence-electron chi connectivity index (χ3n) is 5.74. The van der Waals surface area contributed by atoms with Gasteiger partial charge in [-0.2, -0.15) is 0 Å². The molecule has 3 heterocycles. The Kier molecular flexibility index (Phi) is 6.22. The molecule has 0 aliphatic carbocycles. The molecule has 2 aromatic rings. The number of carbonyl (C=O) groups is 4. The van der Waals surface area contributed by atoms with Crippen LogP contribution in [0.25, 0.3) is 0 Å². The van der Waals surface area contributed by atoms with Crippen LogP contribution in [0.5, 0.6) is 0 Å². The van der Waals surface area contributed by atoms with Crippen LogP contribution >= 0.6 is 11.3 Å². The van der Waals surface area contributed by atoms with E-state index in [1.165, 1.54) is 34.4 Å². The van der Waals surface area contributed by atoms with Gasteiger partial charge in [-0.25, -0.2) is 14.1 Å². The van der Waals surface area contributed by atoms with E-state index < -0.39 is 35.8 Å². The molecule has 2 atom stereocenters. The van der Waals surface area contributed by atoms with Gasteiger partial charge in [0.05, 0.1) is 18.3 Å². The predicted molar refractivity (Wildman–Crippen MR) is 112 cm³/mol. The Morgan fingerprint density at radius 3 is 2.66 bits per heavy atom. The second kappa shape index (κ2) is 9.07. The molecule has 2 saturated heterocycles. The van der Waals surface area contributed by atoms with Gasteiger partial charge < -0.3 is 19.7 Å². The van der Waals surface area contributed by atoms with E-state index in [1.54, 1.807) is 4.90 Å². The van der Waals surface area contributed by atoms with E-state index in [4.69, 9.17) is 0 Å². The summed E-state index contributed by atoms with van der Waals surface area (Å²) >= 11 is 1.47. The zero-order valence-electron chi connectivity index (χ0n) is 17.1. The van der Waals surface area contributed by atoms with Gasteiger partial charge in [-0.05, 0) is 48.9 Å². The summed E-state index contributed by atoms with van der Waals surface area (Å²) in [5.74, 6) is -2.76. The summed E-state index contributed by atoms with van der Waals surface area (Å²) < 4.78 is 13.9. The molecule has 2 aliphatic rings. The zero-order chi connectivity index (χ0) is 22.8. The lowest BCUT2D eigenvalue weighted by Gasteiger charge is -2.43. The van der Waals surface area contributed by atoms with Gasteiger partial charge in [-0.15, -0.1) is 11.3 Å². The molecular formula is C22H21FN3O5S-. The minimum Gasteiger partial charge on any atom is -0.550 e.